The molecule has 1 aliphatic carbocycles. The molecule has 6 nitrogen and oxygen atoms in total. The van der Waals surface area contributed by atoms with Crippen LogP contribution >= 0.6 is 24.0 Å². The molecule has 2 aliphatic rings. The molecule has 160 valence electrons. The second kappa shape index (κ2) is 15.8. The Balaban J connectivity index is 0.00000364. The van der Waals surface area contributed by atoms with Crippen LogP contribution in [0.5, 0.6) is 0 Å². The molecule has 0 aromatic rings. The van der Waals surface area contributed by atoms with E-state index in [2.05, 4.69) is 27.4 Å². The number of hydrogen-bond acceptors (Lipinski definition) is 4. The van der Waals surface area contributed by atoms with E-state index >= 15 is 0 Å². The summed E-state index contributed by atoms with van der Waals surface area (Å²) in [6.07, 6.45) is 9.24. The quantitative estimate of drug-likeness (QED) is 0.188. The summed E-state index contributed by atoms with van der Waals surface area (Å²) in [6, 6.07) is 0.510. The van der Waals surface area contributed by atoms with Gasteiger partial charge >= 0.3 is 0 Å². The SMILES string of the molecule is CCCCOCCOCCNC(=NC)NC1CCN(CC2CCCC2)C1.I. The molecule has 2 rings (SSSR count). The first-order valence-corrected chi connectivity index (χ1v) is 10.7. The molecule has 0 aromatic heterocycles. The zero-order valence-corrected chi connectivity index (χ0v) is 19.7. The number of likely N-dealkylation sites (tertiary alicyclic amines) is 1. The van der Waals surface area contributed by atoms with E-state index in [4.69, 9.17) is 9.47 Å². The van der Waals surface area contributed by atoms with E-state index in [-0.39, 0.29) is 24.0 Å². The van der Waals surface area contributed by atoms with Gasteiger partial charge < -0.3 is 25.0 Å². The van der Waals surface area contributed by atoms with Crippen molar-refractivity contribution in [3.8, 4) is 0 Å². The van der Waals surface area contributed by atoms with Crippen LogP contribution in [-0.2, 0) is 9.47 Å². The van der Waals surface area contributed by atoms with Gasteiger partial charge in [0.25, 0.3) is 0 Å². The fourth-order valence-corrected chi connectivity index (χ4v) is 3.87. The maximum atomic E-state index is 5.59. The van der Waals surface area contributed by atoms with Crippen LogP contribution in [0.2, 0.25) is 0 Å². The van der Waals surface area contributed by atoms with E-state index in [0.29, 0.717) is 25.9 Å². The second-order valence-electron chi connectivity index (χ2n) is 7.62. The van der Waals surface area contributed by atoms with Crippen LogP contribution in [0.15, 0.2) is 4.99 Å². The molecule has 1 atom stereocenters. The number of aliphatic imine (C=N–C) groups is 1. The molecule has 1 unspecified atom stereocenters. The van der Waals surface area contributed by atoms with E-state index in [1.54, 1.807) is 0 Å². The molecule has 1 saturated carbocycles. The van der Waals surface area contributed by atoms with Crippen molar-refractivity contribution in [3.63, 3.8) is 0 Å². The molecule has 2 fully saturated rings. The number of rotatable bonds is 12. The normalized spacial score (nSPS) is 21.4. The average Bonchev–Trinajstić information content (AvgIpc) is 3.32. The minimum absolute atomic E-state index is 0. The summed E-state index contributed by atoms with van der Waals surface area (Å²) in [5.41, 5.74) is 0. The van der Waals surface area contributed by atoms with Gasteiger partial charge in [-0.15, -0.1) is 24.0 Å². The zero-order chi connectivity index (χ0) is 18.5. The molecule has 0 radical (unpaired) electrons. The van der Waals surface area contributed by atoms with Crippen LogP contribution in [0.4, 0.5) is 0 Å². The highest BCUT2D eigenvalue weighted by Gasteiger charge is 2.26. The Morgan fingerprint density at radius 2 is 1.81 bits per heavy atom. The zero-order valence-electron chi connectivity index (χ0n) is 17.4. The topological polar surface area (TPSA) is 58.1 Å². The van der Waals surface area contributed by atoms with Crippen LogP contribution in [-0.4, -0.2) is 76.6 Å². The Hall–Kier alpha value is -0.120. The van der Waals surface area contributed by atoms with Crippen LogP contribution < -0.4 is 10.6 Å². The van der Waals surface area contributed by atoms with Gasteiger partial charge in [0.1, 0.15) is 0 Å². The van der Waals surface area contributed by atoms with E-state index in [9.17, 15) is 0 Å². The smallest absolute Gasteiger partial charge is 0.191 e. The summed E-state index contributed by atoms with van der Waals surface area (Å²) in [4.78, 5) is 6.97. The number of guanidine groups is 1. The van der Waals surface area contributed by atoms with Crippen molar-refractivity contribution in [3.05, 3.63) is 0 Å². The fourth-order valence-electron chi connectivity index (χ4n) is 3.87. The number of halogens is 1. The molecule has 1 saturated heterocycles. The van der Waals surface area contributed by atoms with Gasteiger partial charge in [0.15, 0.2) is 5.96 Å². The van der Waals surface area contributed by atoms with E-state index < -0.39 is 0 Å². The van der Waals surface area contributed by atoms with E-state index in [0.717, 1.165) is 38.0 Å². The summed E-state index contributed by atoms with van der Waals surface area (Å²) in [5, 5.41) is 6.91. The third-order valence-electron chi connectivity index (χ3n) is 5.38. The van der Waals surface area contributed by atoms with Crippen molar-refractivity contribution in [1.82, 2.24) is 15.5 Å². The van der Waals surface area contributed by atoms with Crippen molar-refractivity contribution < 1.29 is 9.47 Å². The third kappa shape index (κ3) is 10.9. The molecular weight excluding hydrogens is 455 g/mol. The van der Waals surface area contributed by atoms with Gasteiger partial charge in [-0.1, -0.05) is 26.2 Å². The van der Waals surface area contributed by atoms with Crippen LogP contribution in [0, 0.1) is 5.92 Å². The summed E-state index contributed by atoms with van der Waals surface area (Å²) >= 11 is 0. The molecule has 2 N–H and O–H groups in total. The monoisotopic (exact) mass is 496 g/mol. The number of hydrogen-bond donors (Lipinski definition) is 2. The average molecular weight is 496 g/mol. The highest BCUT2D eigenvalue weighted by Crippen LogP contribution is 2.26. The van der Waals surface area contributed by atoms with Gasteiger partial charge in [-0.3, -0.25) is 4.99 Å². The number of nitrogens with one attached hydrogen (secondary N) is 2. The molecule has 1 aliphatic heterocycles. The van der Waals surface area contributed by atoms with E-state index in [1.165, 1.54) is 51.6 Å². The lowest BCUT2D eigenvalue weighted by atomic mass is 10.1. The predicted octanol–water partition coefficient (Wildman–Crippen LogP) is 2.87. The Bertz CT molecular complexity index is 392. The maximum Gasteiger partial charge on any atom is 0.191 e. The minimum Gasteiger partial charge on any atom is -0.379 e. The lowest BCUT2D eigenvalue weighted by molar-refractivity contribution is 0.0487. The van der Waals surface area contributed by atoms with Crippen molar-refractivity contribution in [2.24, 2.45) is 10.9 Å². The number of ether oxygens (including phenoxy) is 2. The van der Waals surface area contributed by atoms with Crippen molar-refractivity contribution in [2.75, 3.05) is 59.7 Å². The van der Waals surface area contributed by atoms with Gasteiger partial charge in [0, 0.05) is 45.9 Å². The minimum atomic E-state index is 0. The first kappa shape index (κ1) is 24.9. The van der Waals surface area contributed by atoms with Gasteiger partial charge in [-0.25, -0.2) is 0 Å². The summed E-state index contributed by atoms with van der Waals surface area (Å²) in [5.74, 6) is 1.83. The van der Waals surface area contributed by atoms with Gasteiger partial charge in [-0.05, 0) is 31.6 Å². The van der Waals surface area contributed by atoms with Crippen molar-refractivity contribution in [2.45, 2.75) is 57.9 Å². The highest BCUT2D eigenvalue weighted by molar-refractivity contribution is 14.0. The van der Waals surface area contributed by atoms with Gasteiger partial charge in [0.05, 0.1) is 19.8 Å². The molecule has 0 spiro atoms. The molecule has 0 bridgehead atoms. The Kier molecular flexibility index (Phi) is 14.5. The third-order valence-corrected chi connectivity index (χ3v) is 5.38. The number of unbranched alkanes of at least 4 members (excludes halogenated alkanes) is 1. The second-order valence-corrected chi connectivity index (χ2v) is 7.62. The van der Waals surface area contributed by atoms with Gasteiger partial charge in [0.2, 0.25) is 0 Å². The maximum absolute atomic E-state index is 5.59. The predicted molar refractivity (Wildman–Crippen MR) is 123 cm³/mol. The Labute approximate surface area is 183 Å². The van der Waals surface area contributed by atoms with Gasteiger partial charge in [-0.2, -0.15) is 0 Å². The lowest BCUT2D eigenvalue weighted by Gasteiger charge is -2.21. The summed E-state index contributed by atoms with van der Waals surface area (Å²) in [7, 11) is 1.84. The largest absolute Gasteiger partial charge is 0.379 e. The van der Waals surface area contributed by atoms with Crippen LogP contribution in [0.1, 0.15) is 51.9 Å². The first-order chi connectivity index (χ1) is 12.8. The Morgan fingerprint density at radius 1 is 1.07 bits per heavy atom. The van der Waals surface area contributed by atoms with Crippen LogP contribution in [0.3, 0.4) is 0 Å². The summed E-state index contributed by atoms with van der Waals surface area (Å²) < 4.78 is 11.1. The molecule has 27 heavy (non-hydrogen) atoms. The standard InChI is InChI=1S/C20H40N4O2.HI/c1-3-4-12-25-14-15-26-13-10-22-20(21-2)23-19-9-11-24(17-19)16-18-7-5-6-8-18;/h18-19H,3-17H2,1-2H3,(H2,21,22,23);1H. The van der Waals surface area contributed by atoms with Crippen molar-refractivity contribution >= 4 is 29.9 Å². The molecule has 7 heteroatoms. The van der Waals surface area contributed by atoms with Crippen LogP contribution in [0.25, 0.3) is 0 Å². The van der Waals surface area contributed by atoms with Crippen molar-refractivity contribution in [1.29, 1.82) is 0 Å². The molecule has 1 heterocycles. The fraction of sp³-hybridized carbons (Fsp3) is 0.950. The molecule has 0 amide bonds. The number of nitrogens with zero attached hydrogens (tertiary/aromatic N) is 2. The first-order valence-electron chi connectivity index (χ1n) is 10.7. The Morgan fingerprint density at radius 3 is 2.52 bits per heavy atom. The lowest BCUT2D eigenvalue weighted by Crippen LogP contribution is -2.45. The summed E-state index contributed by atoms with van der Waals surface area (Å²) in [6.45, 7) is 9.46. The molecular formula is C20H41IN4O2. The highest BCUT2D eigenvalue weighted by atomic mass is 127. The van der Waals surface area contributed by atoms with E-state index in [1.807, 2.05) is 7.05 Å². The molecule has 0 aromatic carbocycles.